The molecule has 2 N–H and O–H groups in total. The molecule has 0 saturated carbocycles. The Bertz CT molecular complexity index is 1020. The number of aromatic nitrogens is 1. The van der Waals surface area contributed by atoms with Crippen LogP contribution in [0.15, 0.2) is 23.1 Å². The maximum atomic E-state index is 12.7. The zero-order valence-electron chi connectivity index (χ0n) is 16.6. The Kier molecular flexibility index (Phi) is 6.39. The number of hydrogen-bond acceptors (Lipinski definition) is 7. The number of nitriles is 1. The predicted molar refractivity (Wildman–Crippen MR) is 112 cm³/mol. The highest BCUT2D eigenvalue weighted by Gasteiger charge is 2.20. The number of aryl methyl sites for hydroxylation is 2. The van der Waals surface area contributed by atoms with Crippen LogP contribution in [0.4, 0.5) is 17.3 Å². The van der Waals surface area contributed by atoms with Gasteiger partial charge < -0.3 is 9.80 Å². The van der Waals surface area contributed by atoms with E-state index in [9.17, 15) is 13.7 Å². The number of rotatable bonds is 6. The molecule has 0 aliphatic carbocycles. The summed E-state index contributed by atoms with van der Waals surface area (Å²) in [6.07, 6.45) is 0. The largest absolute Gasteiger partial charge is 0.376 e. The van der Waals surface area contributed by atoms with Crippen molar-refractivity contribution in [1.29, 1.82) is 5.26 Å². The number of halogens is 1. The minimum atomic E-state index is -3.86. The molecule has 0 bridgehead atoms. The van der Waals surface area contributed by atoms with Gasteiger partial charge in [0.2, 0.25) is 0 Å². The monoisotopic (exact) mass is 422 g/mol. The molecule has 0 unspecified atom stereocenters. The number of anilines is 3. The molecule has 0 atom stereocenters. The molecule has 0 fully saturated rings. The Morgan fingerprint density at radius 1 is 1.07 bits per heavy atom. The summed E-state index contributed by atoms with van der Waals surface area (Å²) >= 11 is 6.06. The Hall–Kier alpha value is -2.54. The van der Waals surface area contributed by atoms with Crippen LogP contribution < -0.4 is 20.1 Å². The highest BCUT2D eigenvalue weighted by Crippen LogP contribution is 2.29. The first-order valence-corrected chi connectivity index (χ1v) is 10.2. The molecule has 10 heteroatoms. The van der Waals surface area contributed by atoms with E-state index in [0.29, 0.717) is 33.2 Å². The van der Waals surface area contributed by atoms with Gasteiger partial charge >= 0.3 is 0 Å². The summed E-state index contributed by atoms with van der Waals surface area (Å²) < 4.78 is 25.5. The van der Waals surface area contributed by atoms with Crippen molar-refractivity contribution in [2.75, 3.05) is 43.4 Å². The molecule has 150 valence electrons. The molecule has 1 aromatic heterocycles. The first-order valence-electron chi connectivity index (χ1n) is 8.32. The molecule has 0 radical (unpaired) electrons. The summed E-state index contributed by atoms with van der Waals surface area (Å²) in [6, 6.07) is 6.88. The first kappa shape index (κ1) is 21.8. The van der Waals surface area contributed by atoms with E-state index < -0.39 is 10.0 Å². The van der Waals surface area contributed by atoms with Gasteiger partial charge in [-0.15, -0.1) is 4.83 Å². The second kappa shape index (κ2) is 8.22. The molecule has 0 saturated heterocycles. The number of sulfonamides is 1. The Balaban J connectivity index is 2.41. The fourth-order valence-corrected chi connectivity index (χ4v) is 3.97. The first-order chi connectivity index (χ1) is 13.0. The lowest BCUT2D eigenvalue weighted by Gasteiger charge is -2.21. The minimum absolute atomic E-state index is 0.121. The summed E-state index contributed by atoms with van der Waals surface area (Å²) in [5.41, 5.74) is 4.84. The molecule has 2 rings (SSSR count). The van der Waals surface area contributed by atoms with E-state index in [2.05, 4.69) is 21.3 Å². The lowest BCUT2D eigenvalue weighted by molar-refractivity contribution is 0.587. The van der Waals surface area contributed by atoms with Crippen molar-refractivity contribution in [1.82, 2.24) is 9.82 Å². The second-order valence-electron chi connectivity index (χ2n) is 6.72. The number of nitrogens with zero attached hydrogens (tertiary/aromatic N) is 4. The lowest BCUT2D eigenvalue weighted by Crippen LogP contribution is -2.31. The van der Waals surface area contributed by atoms with Gasteiger partial charge in [0, 0.05) is 39.3 Å². The standard InChI is InChI=1S/C18H23ClN6O2S/c1-11-8-16(12(2)7-14(11)19)28(26,27)23-22-17-9-15(24(3)4)13(10-20)18(21-17)25(5)6/h7-9,23H,1-6H3,(H,21,22). The molecule has 8 nitrogen and oxygen atoms in total. The zero-order valence-corrected chi connectivity index (χ0v) is 18.2. The fourth-order valence-electron chi connectivity index (χ4n) is 2.58. The number of hydrogen-bond donors (Lipinski definition) is 2. The maximum Gasteiger partial charge on any atom is 0.257 e. The SMILES string of the molecule is Cc1cc(S(=O)(=O)NNc2cc(N(C)C)c(C#N)c(N(C)C)n2)c(C)cc1Cl. The predicted octanol–water partition coefficient (Wildman–Crippen LogP) is 2.66. The molecular formula is C18H23ClN6O2S. The number of nitrogens with one attached hydrogen (secondary N) is 2. The lowest BCUT2D eigenvalue weighted by atomic mass is 10.2. The van der Waals surface area contributed by atoms with Crippen molar-refractivity contribution in [3.63, 3.8) is 0 Å². The summed E-state index contributed by atoms with van der Waals surface area (Å²) in [7, 11) is 3.25. The van der Waals surface area contributed by atoms with Crippen LogP contribution in [-0.4, -0.2) is 41.6 Å². The molecule has 1 heterocycles. The van der Waals surface area contributed by atoms with Gasteiger partial charge in [-0.3, -0.25) is 5.43 Å². The second-order valence-corrected chi connectivity index (χ2v) is 8.78. The Morgan fingerprint density at radius 2 is 1.71 bits per heavy atom. The van der Waals surface area contributed by atoms with E-state index in [4.69, 9.17) is 11.6 Å². The normalized spacial score (nSPS) is 11.1. The molecule has 28 heavy (non-hydrogen) atoms. The molecule has 0 spiro atoms. The van der Waals surface area contributed by atoms with Gasteiger partial charge in [0.25, 0.3) is 10.0 Å². The number of pyridine rings is 1. The van der Waals surface area contributed by atoms with Crippen LogP contribution in [-0.2, 0) is 10.0 Å². The van der Waals surface area contributed by atoms with Crippen LogP contribution in [0.25, 0.3) is 0 Å². The third-order valence-electron chi connectivity index (χ3n) is 4.06. The number of benzene rings is 1. The van der Waals surface area contributed by atoms with Crippen molar-refractivity contribution in [3.8, 4) is 6.07 Å². The van der Waals surface area contributed by atoms with Gasteiger partial charge in [0.05, 0.1) is 10.6 Å². The number of hydrazine groups is 1. The molecular weight excluding hydrogens is 400 g/mol. The third kappa shape index (κ3) is 4.47. The quantitative estimate of drug-likeness (QED) is 0.690. The van der Waals surface area contributed by atoms with Gasteiger partial charge in [0.15, 0.2) is 5.82 Å². The van der Waals surface area contributed by atoms with Crippen LogP contribution in [0.3, 0.4) is 0 Å². The fraction of sp³-hybridized carbons (Fsp3) is 0.333. The van der Waals surface area contributed by atoms with Crippen LogP contribution in [0.5, 0.6) is 0 Å². The highest BCUT2D eigenvalue weighted by atomic mass is 35.5. The van der Waals surface area contributed by atoms with Gasteiger partial charge in [-0.1, -0.05) is 11.6 Å². The van der Waals surface area contributed by atoms with Crippen molar-refractivity contribution in [2.24, 2.45) is 0 Å². The van der Waals surface area contributed by atoms with Gasteiger partial charge in [-0.05, 0) is 37.1 Å². The highest BCUT2D eigenvalue weighted by molar-refractivity contribution is 7.89. The zero-order chi connectivity index (χ0) is 21.2. The molecule has 1 aromatic carbocycles. The van der Waals surface area contributed by atoms with Crippen molar-refractivity contribution in [3.05, 3.63) is 39.9 Å². The van der Waals surface area contributed by atoms with E-state index in [1.807, 2.05) is 0 Å². The summed E-state index contributed by atoms with van der Waals surface area (Å²) in [5.74, 6) is 0.687. The average Bonchev–Trinajstić information content (AvgIpc) is 2.61. The van der Waals surface area contributed by atoms with Crippen molar-refractivity contribution >= 4 is 38.9 Å². The molecule has 2 aromatic rings. The average molecular weight is 423 g/mol. The minimum Gasteiger partial charge on any atom is -0.376 e. The summed E-state index contributed by atoms with van der Waals surface area (Å²) in [6.45, 7) is 3.41. The van der Waals surface area contributed by atoms with Gasteiger partial charge in [-0.2, -0.15) is 5.26 Å². The molecule has 0 aliphatic rings. The van der Waals surface area contributed by atoms with E-state index in [-0.39, 0.29) is 10.7 Å². The van der Waals surface area contributed by atoms with Gasteiger partial charge in [-0.25, -0.2) is 13.4 Å². The van der Waals surface area contributed by atoms with Gasteiger partial charge in [0.1, 0.15) is 17.5 Å². The topological polar surface area (TPSA) is 101 Å². The third-order valence-corrected chi connectivity index (χ3v) is 5.85. The summed E-state index contributed by atoms with van der Waals surface area (Å²) in [5, 5.41) is 9.99. The van der Waals surface area contributed by atoms with Crippen molar-refractivity contribution < 1.29 is 8.42 Å². The molecule has 0 aliphatic heterocycles. The van der Waals surface area contributed by atoms with E-state index in [0.717, 1.165) is 0 Å². The Morgan fingerprint density at radius 3 is 2.25 bits per heavy atom. The van der Waals surface area contributed by atoms with Crippen LogP contribution in [0, 0.1) is 25.2 Å². The summed E-state index contributed by atoms with van der Waals surface area (Å²) in [4.78, 5) is 10.3. The van der Waals surface area contributed by atoms with E-state index >= 15 is 0 Å². The molecule has 0 amide bonds. The van der Waals surface area contributed by atoms with Crippen molar-refractivity contribution in [2.45, 2.75) is 18.7 Å². The Labute approximate surface area is 170 Å². The van der Waals surface area contributed by atoms with Crippen LogP contribution in [0.2, 0.25) is 5.02 Å². The van der Waals surface area contributed by atoms with E-state index in [1.165, 1.54) is 6.07 Å². The smallest absolute Gasteiger partial charge is 0.257 e. The van der Waals surface area contributed by atoms with Crippen LogP contribution >= 0.6 is 11.6 Å². The van der Waals surface area contributed by atoms with Crippen LogP contribution in [0.1, 0.15) is 16.7 Å². The van der Waals surface area contributed by atoms with E-state index in [1.54, 1.807) is 64.0 Å². The maximum absolute atomic E-state index is 12.7.